The monoisotopic (exact) mass is 338 g/mol. The lowest BCUT2D eigenvalue weighted by Crippen LogP contribution is -2.35. The Morgan fingerprint density at radius 1 is 1.35 bits per heavy atom. The number of aryl methyl sites for hydroxylation is 1. The smallest absolute Gasteiger partial charge is 0.399 e. The van der Waals surface area contributed by atoms with Crippen molar-refractivity contribution in [3.63, 3.8) is 0 Å². The zero-order chi connectivity index (χ0) is 14.8. The molecular weight excluding hydrogens is 320 g/mol. The Morgan fingerprint density at radius 3 is 2.75 bits per heavy atom. The van der Waals surface area contributed by atoms with Crippen LogP contribution in [0.1, 0.15) is 32.0 Å². The Kier molecular flexibility index (Phi) is 4.50. The van der Waals surface area contributed by atoms with Gasteiger partial charge in [0.1, 0.15) is 12.0 Å². The fraction of sp³-hybridized carbons (Fsp3) is 0.400. The van der Waals surface area contributed by atoms with Crippen molar-refractivity contribution in [2.24, 2.45) is 0 Å². The summed E-state index contributed by atoms with van der Waals surface area (Å²) in [5.41, 5.74) is 1.89. The van der Waals surface area contributed by atoms with E-state index in [1.807, 2.05) is 25.1 Å². The fourth-order valence-corrected chi connectivity index (χ4v) is 2.07. The maximum Gasteiger partial charge on any atom is 0.399 e. The molecule has 20 heavy (non-hydrogen) atoms. The summed E-state index contributed by atoms with van der Waals surface area (Å²) in [5.74, 6) is 0.741. The summed E-state index contributed by atoms with van der Waals surface area (Å²) in [6, 6.07) is 5.80. The van der Waals surface area contributed by atoms with E-state index in [0.717, 1.165) is 21.5 Å². The van der Waals surface area contributed by atoms with Gasteiger partial charge in [0.2, 0.25) is 0 Å². The summed E-state index contributed by atoms with van der Waals surface area (Å²) in [6.07, 6.45) is 1.88. The second-order valence-corrected chi connectivity index (χ2v) is 6.64. The van der Waals surface area contributed by atoms with Crippen molar-refractivity contribution in [2.45, 2.75) is 39.8 Å². The minimum absolute atomic E-state index is 0.0439. The van der Waals surface area contributed by atoms with Gasteiger partial charge in [0, 0.05) is 16.6 Å². The molecule has 1 aromatic heterocycles. The maximum atomic E-state index is 5.65. The average Bonchev–Trinajstić information content (AvgIpc) is 2.77. The number of halogens is 1. The molecule has 4 nitrogen and oxygen atoms in total. The summed E-state index contributed by atoms with van der Waals surface area (Å²) in [7, 11) is 0. The van der Waals surface area contributed by atoms with E-state index in [9.17, 15) is 0 Å². The van der Waals surface area contributed by atoms with E-state index in [1.54, 1.807) is 6.26 Å². The Morgan fingerprint density at radius 2 is 2.10 bits per heavy atom. The number of nitrogens with one attached hydrogen (secondary N) is 1. The third-order valence-electron chi connectivity index (χ3n) is 2.66. The summed E-state index contributed by atoms with van der Waals surface area (Å²) in [6.45, 7) is 8.95. The Bertz CT molecular complexity index is 588. The lowest BCUT2D eigenvalue weighted by molar-refractivity contribution is 0.329. The van der Waals surface area contributed by atoms with E-state index in [0.29, 0.717) is 6.54 Å². The minimum Gasteiger partial charge on any atom is -0.417 e. The molecule has 0 atom stereocenters. The fourth-order valence-electron chi connectivity index (χ4n) is 1.59. The second-order valence-electron chi connectivity index (χ2n) is 5.72. The number of hydrogen-bond acceptors (Lipinski definition) is 4. The predicted octanol–water partition coefficient (Wildman–Crippen LogP) is 4.43. The first-order valence-corrected chi connectivity index (χ1v) is 7.26. The van der Waals surface area contributed by atoms with Crippen LogP contribution in [0.2, 0.25) is 0 Å². The lowest BCUT2D eigenvalue weighted by atomic mass is 10.1. The summed E-state index contributed by atoms with van der Waals surface area (Å²) < 4.78 is 12.0. The molecule has 0 spiro atoms. The highest BCUT2D eigenvalue weighted by molar-refractivity contribution is 9.10. The molecule has 0 radical (unpaired) electrons. The third kappa shape index (κ3) is 4.35. The molecule has 1 heterocycles. The van der Waals surface area contributed by atoms with Gasteiger partial charge in [-0.05, 0) is 51.5 Å². The van der Waals surface area contributed by atoms with E-state index in [2.05, 4.69) is 47.0 Å². The molecule has 5 heteroatoms. The molecule has 0 saturated carbocycles. The Balaban J connectivity index is 2.02. The molecule has 1 N–H and O–H groups in total. The highest BCUT2D eigenvalue weighted by Gasteiger charge is 2.12. The Labute approximate surface area is 127 Å². The standard InChI is InChI=1S/C15H19BrN2O2/c1-10-7-11(16)5-6-13(10)20-14-18-12(9-19-14)8-17-15(2,3)4/h5-7,9,17H,8H2,1-4H3. The van der Waals surface area contributed by atoms with Gasteiger partial charge in [0.15, 0.2) is 0 Å². The van der Waals surface area contributed by atoms with Crippen LogP contribution in [0.25, 0.3) is 0 Å². The van der Waals surface area contributed by atoms with Gasteiger partial charge in [-0.25, -0.2) is 0 Å². The predicted molar refractivity (Wildman–Crippen MR) is 82.0 cm³/mol. The molecule has 0 amide bonds. The molecular formula is C15H19BrN2O2. The molecule has 0 unspecified atom stereocenters. The highest BCUT2D eigenvalue weighted by Crippen LogP contribution is 2.27. The van der Waals surface area contributed by atoms with Crippen LogP contribution < -0.4 is 10.1 Å². The number of hydrogen-bond donors (Lipinski definition) is 1. The number of rotatable bonds is 4. The highest BCUT2D eigenvalue weighted by atomic mass is 79.9. The van der Waals surface area contributed by atoms with Gasteiger partial charge in [-0.2, -0.15) is 4.98 Å². The molecule has 0 aliphatic rings. The van der Waals surface area contributed by atoms with E-state index in [4.69, 9.17) is 9.15 Å². The van der Waals surface area contributed by atoms with Gasteiger partial charge in [-0.15, -0.1) is 0 Å². The van der Waals surface area contributed by atoms with Crippen LogP contribution in [0.15, 0.2) is 33.4 Å². The quantitative estimate of drug-likeness (QED) is 0.895. The molecule has 2 aromatic rings. The zero-order valence-electron chi connectivity index (χ0n) is 12.2. The number of nitrogens with zero attached hydrogens (tertiary/aromatic N) is 1. The van der Waals surface area contributed by atoms with Gasteiger partial charge < -0.3 is 14.5 Å². The summed E-state index contributed by atoms with van der Waals surface area (Å²) in [5, 5.41) is 3.35. The summed E-state index contributed by atoms with van der Waals surface area (Å²) >= 11 is 3.42. The molecule has 1 aromatic carbocycles. The van der Waals surface area contributed by atoms with Gasteiger partial charge in [-0.1, -0.05) is 15.9 Å². The van der Waals surface area contributed by atoms with Gasteiger partial charge in [0.05, 0.1) is 5.69 Å². The van der Waals surface area contributed by atoms with Crippen molar-refractivity contribution in [3.8, 4) is 11.8 Å². The van der Waals surface area contributed by atoms with Crippen LogP contribution in [0.3, 0.4) is 0 Å². The van der Waals surface area contributed by atoms with E-state index in [-0.39, 0.29) is 11.6 Å². The van der Waals surface area contributed by atoms with E-state index < -0.39 is 0 Å². The SMILES string of the molecule is Cc1cc(Br)ccc1Oc1nc(CNC(C)(C)C)co1. The van der Waals surface area contributed by atoms with Crippen LogP contribution in [0.4, 0.5) is 0 Å². The maximum absolute atomic E-state index is 5.65. The number of ether oxygens (including phenoxy) is 1. The lowest BCUT2D eigenvalue weighted by Gasteiger charge is -2.19. The normalized spacial score (nSPS) is 11.7. The molecule has 2 rings (SSSR count). The molecule has 0 aliphatic heterocycles. The van der Waals surface area contributed by atoms with Gasteiger partial charge in [0.25, 0.3) is 0 Å². The molecule has 0 saturated heterocycles. The number of benzene rings is 1. The molecule has 0 fully saturated rings. The van der Waals surface area contributed by atoms with Crippen LogP contribution in [-0.4, -0.2) is 10.5 Å². The largest absolute Gasteiger partial charge is 0.417 e. The zero-order valence-corrected chi connectivity index (χ0v) is 13.7. The van der Waals surface area contributed by atoms with Gasteiger partial charge >= 0.3 is 6.08 Å². The number of oxazole rings is 1. The van der Waals surface area contributed by atoms with Gasteiger partial charge in [-0.3, -0.25) is 0 Å². The molecule has 108 valence electrons. The van der Waals surface area contributed by atoms with E-state index in [1.165, 1.54) is 0 Å². The minimum atomic E-state index is 0.0439. The van der Waals surface area contributed by atoms with E-state index >= 15 is 0 Å². The summed E-state index contributed by atoms with van der Waals surface area (Å²) in [4.78, 5) is 4.31. The second kappa shape index (κ2) is 5.97. The first-order chi connectivity index (χ1) is 9.33. The third-order valence-corrected chi connectivity index (χ3v) is 3.16. The number of aromatic nitrogens is 1. The van der Waals surface area contributed by atoms with Crippen molar-refractivity contribution in [1.29, 1.82) is 0 Å². The van der Waals surface area contributed by atoms with Crippen molar-refractivity contribution in [2.75, 3.05) is 0 Å². The van der Waals surface area contributed by atoms with Crippen molar-refractivity contribution in [3.05, 3.63) is 40.2 Å². The molecule has 0 bridgehead atoms. The van der Waals surface area contributed by atoms with Crippen molar-refractivity contribution < 1.29 is 9.15 Å². The van der Waals surface area contributed by atoms with Crippen molar-refractivity contribution >= 4 is 15.9 Å². The van der Waals surface area contributed by atoms with Crippen LogP contribution in [0.5, 0.6) is 11.8 Å². The first-order valence-electron chi connectivity index (χ1n) is 6.47. The van der Waals surface area contributed by atoms with Crippen LogP contribution >= 0.6 is 15.9 Å². The van der Waals surface area contributed by atoms with Crippen LogP contribution in [0, 0.1) is 6.92 Å². The molecule has 0 aliphatic carbocycles. The average molecular weight is 339 g/mol. The van der Waals surface area contributed by atoms with Crippen molar-refractivity contribution in [1.82, 2.24) is 10.3 Å². The Hall–Kier alpha value is -1.33. The topological polar surface area (TPSA) is 47.3 Å². The van der Waals surface area contributed by atoms with Crippen LogP contribution in [-0.2, 0) is 6.54 Å². The first kappa shape index (κ1) is 15.1.